The fraction of sp³-hybridized carbons (Fsp3) is 0.296. The van der Waals surface area contributed by atoms with Gasteiger partial charge in [-0.1, -0.05) is 41.9 Å². The van der Waals surface area contributed by atoms with Crippen molar-refractivity contribution < 1.29 is 13.9 Å². The number of benzene rings is 3. The summed E-state index contributed by atoms with van der Waals surface area (Å²) < 4.78 is 27.5. The van der Waals surface area contributed by atoms with Gasteiger partial charge in [0.2, 0.25) is 0 Å². The Labute approximate surface area is 198 Å². The van der Waals surface area contributed by atoms with E-state index in [0.29, 0.717) is 22.6 Å². The highest BCUT2D eigenvalue weighted by Gasteiger charge is 2.32. The number of aliphatic hydroxyl groups is 1. The van der Waals surface area contributed by atoms with E-state index in [9.17, 15) is 19.1 Å². The maximum Gasteiger partial charge on any atom is 0.159 e. The topological polar surface area (TPSA) is 56.0 Å². The van der Waals surface area contributed by atoms with E-state index in [1.165, 1.54) is 6.07 Å². The zero-order valence-corrected chi connectivity index (χ0v) is 19.6. The minimum absolute atomic E-state index is 0.0744. The van der Waals surface area contributed by atoms with Crippen molar-refractivity contribution in [3.8, 4) is 6.07 Å². The van der Waals surface area contributed by atoms with Gasteiger partial charge in [0.15, 0.2) is 11.6 Å². The van der Waals surface area contributed by atoms with Crippen LogP contribution in [-0.2, 0) is 6.42 Å². The van der Waals surface area contributed by atoms with Gasteiger partial charge in [-0.15, -0.1) is 0 Å². The first-order valence-electron chi connectivity index (χ1n) is 10.8. The molecule has 172 valence electrons. The second-order valence-corrected chi connectivity index (χ2v) is 9.33. The molecule has 0 aliphatic rings. The summed E-state index contributed by atoms with van der Waals surface area (Å²) in [5.74, 6) is -1.97. The van der Waals surface area contributed by atoms with Crippen LogP contribution in [0.25, 0.3) is 0 Å². The summed E-state index contributed by atoms with van der Waals surface area (Å²) in [6.07, 6.45) is 0.649. The SMILES string of the molecule is CC(N[C@@H](c1ccc(F)c(F)c1)C(C)(C)O)C(Cc1ccc(Cl)cc1)c1cccc(C#N)c1. The van der Waals surface area contributed by atoms with Crippen molar-refractivity contribution in [1.29, 1.82) is 5.26 Å². The van der Waals surface area contributed by atoms with Crippen LogP contribution in [0, 0.1) is 23.0 Å². The fourth-order valence-electron chi connectivity index (χ4n) is 4.08. The molecule has 2 N–H and O–H groups in total. The summed E-state index contributed by atoms with van der Waals surface area (Å²) in [5, 5.41) is 24.3. The number of nitrogens with zero attached hydrogens (tertiary/aromatic N) is 1. The molecule has 0 saturated heterocycles. The average Bonchev–Trinajstić information content (AvgIpc) is 2.78. The Kier molecular flexibility index (Phi) is 7.86. The number of rotatable bonds is 8. The van der Waals surface area contributed by atoms with Gasteiger partial charge in [-0.25, -0.2) is 8.78 Å². The van der Waals surface area contributed by atoms with Gasteiger partial charge in [-0.3, -0.25) is 0 Å². The van der Waals surface area contributed by atoms with E-state index in [1.807, 2.05) is 49.4 Å². The molecule has 6 heteroatoms. The molecule has 3 aromatic carbocycles. The van der Waals surface area contributed by atoms with Crippen LogP contribution in [0.3, 0.4) is 0 Å². The van der Waals surface area contributed by atoms with Crippen LogP contribution in [-0.4, -0.2) is 16.7 Å². The minimum Gasteiger partial charge on any atom is -0.388 e. The van der Waals surface area contributed by atoms with Crippen molar-refractivity contribution in [2.45, 2.75) is 50.8 Å². The fourth-order valence-corrected chi connectivity index (χ4v) is 4.20. The normalized spacial score (nSPS) is 14.4. The number of hydrogen-bond donors (Lipinski definition) is 2. The van der Waals surface area contributed by atoms with E-state index in [2.05, 4.69) is 11.4 Å². The molecule has 0 aromatic heterocycles. The van der Waals surface area contributed by atoms with Crippen LogP contribution in [0.2, 0.25) is 5.02 Å². The lowest BCUT2D eigenvalue weighted by Crippen LogP contribution is -2.45. The van der Waals surface area contributed by atoms with Gasteiger partial charge in [0.1, 0.15) is 0 Å². The van der Waals surface area contributed by atoms with Gasteiger partial charge in [0, 0.05) is 17.0 Å². The molecule has 0 fully saturated rings. The lowest BCUT2D eigenvalue weighted by atomic mass is 9.83. The van der Waals surface area contributed by atoms with E-state index < -0.39 is 23.3 Å². The Morgan fingerprint density at radius 2 is 1.70 bits per heavy atom. The first-order chi connectivity index (χ1) is 15.6. The van der Waals surface area contributed by atoms with Crippen LogP contribution in [0.4, 0.5) is 8.78 Å². The number of nitriles is 1. The maximum atomic E-state index is 14.0. The first-order valence-corrected chi connectivity index (χ1v) is 11.1. The molecule has 33 heavy (non-hydrogen) atoms. The molecule has 3 rings (SSSR count). The molecule has 0 aliphatic carbocycles. The minimum atomic E-state index is -1.25. The van der Waals surface area contributed by atoms with Gasteiger partial charge in [0.25, 0.3) is 0 Å². The lowest BCUT2D eigenvalue weighted by molar-refractivity contribution is 0.0315. The average molecular weight is 469 g/mol. The van der Waals surface area contributed by atoms with E-state index in [0.717, 1.165) is 23.3 Å². The summed E-state index contributed by atoms with van der Waals surface area (Å²) in [5.41, 5.74) is 1.78. The first kappa shape index (κ1) is 24.9. The molecule has 0 amide bonds. The molecular weight excluding hydrogens is 442 g/mol. The van der Waals surface area contributed by atoms with E-state index in [-0.39, 0.29) is 12.0 Å². The Bertz CT molecular complexity index is 1140. The summed E-state index contributed by atoms with van der Waals surface area (Å²) >= 11 is 6.04. The summed E-state index contributed by atoms with van der Waals surface area (Å²) in [6, 6.07) is 20.0. The molecule has 0 radical (unpaired) electrons. The quantitative estimate of drug-likeness (QED) is 0.407. The van der Waals surface area contributed by atoms with E-state index in [1.54, 1.807) is 19.9 Å². The third kappa shape index (κ3) is 6.39. The van der Waals surface area contributed by atoms with Crippen LogP contribution < -0.4 is 5.32 Å². The molecule has 0 heterocycles. The Hall–Kier alpha value is -2.78. The monoisotopic (exact) mass is 468 g/mol. The lowest BCUT2D eigenvalue weighted by Gasteiger charge is -2.36. The van der Waals surface area contributed by atoms with Gasteiger partial charge >= 0.3 is 0 Å². The molecule has 3 aromatic rings. The number of halogens is 3. The number of hydrogen-bond acceptors (Lipinski definition) is 3. The number of nitrogens with one attached hydrogen (secondary N) is 1. The highest BCUT2D eigenvalue weighted by atomic mass is 35.5. The summed E-state index contributed by atoms with van der Waals surface area (Å²) in [6.45, 7) is 5.24. The van der Waals surface area contributed by atoms with E-state index in [4.69, 9.17) is 11.6 Å². The van der Waals surface area contributed by atoms with Crippen LogP contribution in [0.15, 0.2) is 66.7 Å². The van der Waals surface area contributed by atoms with Crippen molar-refractivity contribution in [1.82, 2.24) is 5.32 Å². The summed E-state index contributed by atoms with van der Waals surface area (Å²) in [4.78, 5) is 0. The van der Waals surface area contributed by atoms with Gasteiger partial charge in [-0.2, -0.15) is 5.26 Å². The zero-order valence-electron chi connectivity index (χ0n) is 18.8. The molecule has 0 bridgehead atoms. The largest absolute Gasteiger partial charge is 0.388 e. The van der Waals surface area contributed by atoms with Crippen LogP contribution in [0.5, 0.6) is 0 Å². The van der Waals surface area contributed by atoms with Gasteiger partial charge in [-0.05, 0) is 80.3 Å². The molecule has 3 atom stereocenters. The van der Waals surface area contributed by atoms with Crippen molar-refractivity contribution in [3.63, 3.8) is 0 Å². The zero-order chi connectivity index (χ0) is 24.2. The molecule has 0 spiro atoms. The maximum absolute atomic E-state index is 14.0. The predicted octanol–water partition coefficient (Wildman–Crippen LogP) is 6.31. The van der Waals surface area contributed by atoms with Crippen molar-refractivity contribution in [2.24, 2.45) is 0 Å². The Morgan fingerprint density at radius 1 is 1.00 bits per heavy atom. The third-order valence-corrected chi connectivity index (χ3v) is 6.08. The molecule has 0 aliphatic heterocycles. The standard InChI is InChI=1S/C27H27ClF2N2O/c1-17(32-26(27(2,3)33)21-9-12-24(29)25(30)15-21)23(14-18-7-10-22(28)11-8-18)20-6-4-5-19(13-20)16-31/h4-13,15,17,23,26,32-33H,14H2,1-3H3/t17?,23?,26-/m0/s1. The van der Waals surface area contributed by atoms with Crippen molar-refractivity contribution in [2.75, 3.05) is 0 Å². The highest BCUT2D eigenvalue weighted by Crippen LogP contribution is 2.32. The molecule has 2 unspecified atom stereocenters. The highest BCUT2D eigenvalue weighted by molar-refractivity contribution is 6.30. The van der Waals surface area contributed by atoms with Gasteiger partial charge < -0.3 is 10.4 Å². The molecule has 3 nitrogen and oxygen atoms in total. The molecular formula is C27H27ClF2N2O. The van der Waals surface area contributed by atoms with Crippen molar-refractivity contribution >= 4 is 11.6 Å². The Balaban J connectivity index is 1.97. The van der Waals surface area contributed by atoms with Crippen LogP contribution >= 0.6 is 11.6 Å². The molecule has 0 saturated carbocycles. The second-order valence-electron chi connectivity index (χ2n) is 8.89. The Morgan fingerprint density at radius 3 is 2.30 bits per heavy atom. The van der Waals surface area contributed by atoms with Crippen molar-refractivity contribution in [3.05, 3.63) is 106 Å². The van der Waals surface area contributed by atoms with E-state index >= 15 is 0 Å². The third-order valence-electron chi connectivity index (χ3n) is 5.83. The second kappa shape index (κ2) is 10.4. The predicted molar refractivity (Wildman–Crippen MR) is 127 cm³/mol. The summed E-state index contributed by atoms with van der Waals surface area (Å²) in [7, 11) is 0. The smallest absolute Gasteiger partial charge is 0.159 e. The van der Waals surface area contributed by atoms with Crippen LogP contribution in [0.1, 0.15) is 55.0 Å². The van der Waals surface area contributed by atoms with Gasteiger partial charge in [0.05, 0.1) is 23.3 Å².